The Kier molecular flexibility index (Phi) is 5.37. The quantitative estimate of drug-likeness (QED) is 0.611. The lowest BCUT2D eigenvalue weighted by atomic mass is 9.95. The number of fused-ring (bicyclic) bond motifs is 1. The van der Waals surface area contributed by atoms with Gasteiger partial charge >= 0.3 is 0 Å². The minimum absolute atomic E-state index is 0.175. The molecule has 0 spiro atoms. The van der Waals surface area contributed by atoms with E-state index < -0.39 is 16.1 Å². The third-order valence-corrected chi connectivity index (χ3v) is 8.43. The molecule has 2 heterocycles. The number of hydrogen-bond donors (Lipinski definition) is 1. The molecule has 0 unspecified atom stereocenters. The number of rotatable bonds is 4. The van der Waals surface area contributed by atoms with Crippen molar-refractivity contribution in [2.75, 3.05) is 5.32 Å². The molecule has 0 saturated carbocycles. The smallest absolute Gasteiger partial charge is 0.253 e. The first kappa shape index (κ1) is 19.3. The SMILES string of the molecule is O=C(Nc1ccc(Br)cc1)[C@H]1Cc2ccccc2CN1S(=O)(=O)c1cccs1. The Morgan fingerprint density at radius 1 is 1.04 bits per heavy atom. The average Bonchev–Trinajstić information content (AvgIpc) is 3.24. The minimum atomic E-state index is -3.77. The number of halogens is 1. The number of anilines is 1. The molecule has 8 heteroatoms. The molecular formula is C20H17BrN2O3S2. The van der Waals surface area contributed by atoms with Crippen molar-refractivity contribution in [2.45, 2.75) is 23.2 Å². The second-order valence-corrected chi connectivity index (χ2v) is 10.4. The summed E-state index contributed by atoms with van der Waals surface area (Å²) in [5.41, 5.74) is 2.55. The predicted molar refractivity (Wildman–Crippen MR) is 114 cm³/mol. The molecule has 0 saturated heterocycles. The second-order valence-electron chi connectivity index (χ2n) is 6.47. The summed E-state index contributed by atoms with van der Waals surface area (Å²) in [6.45, 7) is 0.175. The van der Waals surface area contributed by atoms with E-state index in [-0.39, 0.29) is 16.7 Å². The van der Waals surface area contributed by atoms with Gasteiger partial charge in [0.25, 0.3) is 10.0 Å². The first-order valence-corrected chi connectivity index (χ1v) is 11.7. The molecule has 2 aromatic carbocycles. The van der Waals surface area contributed by atoms with Crippen molar-refractivity contribution in [3.63, 3.8) is 0 Å². The van der Waals surface area contributed by atoms with Crippen molar-refractivity contribution in [1.82, 2.24) is 4.31 Å². The monoisotopic (exact) mass is 476 g/mol. The van der Waals surface area contributed by atoms with Crippen molar-refractivity contribution >= 4 is 48.9 Å². The predicted octanol–water partition coefficient (Wildman–Crippen LogP) is 4.26. The van der Waals surface area contributed by atoms with Crippen molar-refractivity contribution < 1.29 is 13.2 Å². The number of amides is 1. The lowest BCUT2D eigenvalue weighted by molar-refractivity contribution is -0.120. The van der Waals surface area contributed by atoms with E-state index in [0.717, 1.165) is 26.9 Å². The Labute approximate surface area is 176 Å². The number of nitrogens with zero attached hydrogens (tertiary/aromatic N) is 1. The molecule has 1 aliphatic rings. The second kappa shape index (κ2) is 7.79. The fourth-order valence-corrected chi connectivity index (χ4v) is 6.21. The lowest BCUT2D eigenvalue weighted by Crippen LogP contribution is -2.50. The summed E-state index contributed by atoms with van der Waals surface area (Å²) in [5.74, 6) is -0.336. The van der Waals surface area contributed by atoms with E-state index in [0.29, 0.717) is 12.1 Å². The molecule has 1 aromatic heterocycles. The van der Waals surface area contributed by atoms with E-state index >= 15 is 0 Å². The van der Waals surface area contributed by atoms with Crippen LogP contribution in [-0.2, 0) is 27.8 Å². The molecule has 1 aliphatic heterocycles. The Morgan fingerprint density at radius 3 is 2.43 bits per heavy atom. The van der Waals surface area contributed by atoms with Crippen molar-refractivity contribution in [1.29, 1.82) is 0 Å². The standard InChI is InChI=1S/C20H17BrN2O3S2/c21-16-7-9-17(10-8-16)22-20(24)18-12-14-4-1-2-5-15(14)13-23(18)28(25,26)19-6-3-11-27-19/h1-11,18H,12-13H2,(H,22,24)/t18-/m1/s1. The van der Waals surface area contributed by atoms with E-state index in [2.05, 4.69) is 21.2 Å². The number of carbonyl (C=O) groups is 1. The van der Waals surface area contributed by atoms with Crippen LogP contribution in [0.15, 0.2) is 74.7 Å². The van der Waals surface area contributed by atoms with E-state index in [1.54, 1.807) is 29.6 Å². The van der Waals surface area contributed by atoms with Crippen LogP contribution in [0.25, 0.3) is 0 Å². The normalized spacial score (nSPS) is 17.1. The van der Waals surface area contributed by atoms with Crippen LogP contribution in [0.5, 0.6) is 0 Å². The average molecular weight is 477 g/mol. The zero-order chi connectivity index (χ0) is 19.7. The summed E-state index contributed by atoms with van der Waals surface area (Å²) < 4.78 is 28.9. The topological polar surface area (TPSA) is 66.5 Å². The van der Waals surface area contributed by atoms with Gasteiger partial charge in [-0.05, 0) is 53.3 Å². The van der Waals surface area contributed by atoms with Gasteiger partial charge in [0.05, 0.1) is 0 Å². The largest absolute Gasteiger partial charge is 0.325 e. The van der Waals surface area contributed by atoms with Gasteiger partial charge in [-0.3, -0.25) is 4.79 Å². The van der Waals surface area contributed by atoms with Crippen LogP contribution in [0.1, 0.15) is 11.1 Å². The zero-order valence-corrected chi connectivity index (χ0v) is 17.9. The maximum Gasteiger partial charge on any atom is 0.253 e. The van der Waals surface area contributed by atoms with Crippen molar-refractivity contribution in [3.8, 4) is 0 Å². The molecule has 144 valence electrons. The minimum Gasteiger partial charge on any atom is -0.325 e. The van der Waals surface area contributed by atoms with Crippen LogP contribution in [0.3, 0.4) is 0 Å². The molecule has 28 heavy (non-hydrogen) atoms. The van der Waals surface area contributed by atoms with Gasteiger partial charge in [-0.25, -0.2) is 8.42 Å². The molecule has 1 N–H and O–H groups in total. The van der Waals surface area contributed by atoms with Crippen LogP contribution in [0, 0.1) is 0 Å². The third kappa shape index (κ3) is 3.77. The summed E-state index contributed by atoms with van der Waals surface area (Å²) in [7, 11) is -3.77. The van der Waals surface area contributed by atoms with Gasteiger partial charge in [0.2, 0.25) is 5.91 Å². The highest BCUT2D eigenvalue weighted by Crippen LogP contribution is 2.31. The fourth-order valence-electron chi connectivity index (χ4n) is 3.26. The van der Waals surface area contributed by atoms with Crippen LogP contribution >= 0.6 is 27.3 Å². The van der Waals surface area contributed by atoms with Gasteiger partial charge in [0.1, 0.15) is 10.3 Å². The molecule has 5 nitrogen and oxygen atoms in total. The van der Waals surface area contributed by atoms with E-state index in [1.165, 1.54) is 4.31 Å². The van der Waals surface area contributed by atoms with Crippen molar-refractivity contribution in [2.24, 2.45) is 0 Å². The van der Waals surface area contributed by atoms with E-state index in [9.17, 15) is 13.2 Å². The summed E-state index contributed by atoms with van der Waals surface area (Å²) >= 11 is 4.52. The van der Waals surface area contributed by atoms with Crippen LogP contribution < -0.4 is 5.32 Å². The molecule has 4 rings (SSSR count). The van der Waals surface area contributed by atoms with Gasteiger partial charge in [0.15, 0.2) is 0 Å². The van der Waals surface area contributed by atoms with Crippen LogP contribution in [0.2, 0.25) is 0 Å². The maximum atomic E-state index is 13.2. The van der Waals surface area contributed by atoms with Gasteiger partial charge in [0, 0.05) is 16.7 Å². The Morgan fingerprint density at radius 2 is 1.75 bits per heavy atom. The Hall–Kier alpha value is -2.00. The highest BCUT2D eigenvalue weighted by molar-refractivity contribution is 9.10. The van der Waals surface area contributed by atoms with Gasteiger partial charge in [-0.15, -0.1) is 11.3 Å². The summed E-state index contributed by atoms with van der Waals surface area (Å²) in [6.07, 6.45) is 0.336. The molecular weight excluding hydrogens is 460 g/mol. The maximum absolute atomic E-state index is 13.2. The summed E-state index contributed by atoms with van der Waals surface area (Å²) in [6, 6.07) is 17.3. The highest BCUT2D eigenvalue weighted by atomic mass is 79.9. The van der Waals surface area contributed by atoms with E-state index in [4.69, 9.17) is 0 Å². The number of hydrogen-bond acceptors (Lipinski definition) is 4. The number of thiophene rings is 1. The molecule has 0 bridgehead atoms. The van der Waals surface area contributed by atoms with Crippen molar-refractivity contribution in [3.05, 3.63) is 81.6 Å². The summed E-state index contributed by atoms with van der Waals surface area (Å²) in [4.78, 5) is 13.1. The molecule has 0 radical (unpaired) electrons. The molecule has 1 atom stereocenters. The van der Waals surface area contributed by atoms with Crippen LogP contribution in [-0.4, -0.2) is 24.7 Å². The lowest BCUT2D eigenvalue weighted by Gasteiger charge is -2.34. The first-order chi connectivity index (χ1) is 13.4. The number of nitrogens with one attached hydrogen (secondary N) is 1. The number of sulfonamides is 1. The number of benzene rings is 2. The number of carbonyl (C=O) groups excluding carboxylic acids is 1. The molecule has 3 aromatic rings. The molecule has 1 amide bonds. The fraction of sp³-hybridized carbons (Fsp3) is 0.150. The Bertz CT molecular complexity index is 1100. The first-order valence-electron chi connectivity index (χ1n) is 8.64. The van der Waals surface area contributed by atoms with Crippen LogP contribution in [0.4, 0.5) is 5.69 Å². The van der Waals surface area contributed by atoms with Gasteiger partial charge in [-0.2, -0.15) is 4.31 Å². The summed E-state index contributed by atoms with van der Waals surface area (Å²) in [5, 5.41) is 4.58. The van der Waals surface area contributed by atoms with Gasteiger partial charge in [-0.1, -0.05) is 46.3 Å². The molecule has 0 aliphatic carbocycles. The molecule has 0 fully saturated rings. The van der Waals surface area contributed by atoms with E-state index in [1.807, 2.05) is 36.4 Å². The highest BCUT2D eigenvalue weighted by Gasteiger charge is 2.40. The zero-order valence-electron chi connectivity index (χ0n) is 14.7. The third-order valence-electron chi connectivity index (χ3n) is 4.68. The Balaban J connectivity index is 1.69. The van der Waals surface area contributed by atoms with Gasteiger partial charge < -0.3 is 5.32 Å².